The SMILES string of the molecule is CCC1(C(Cl)c2cc(Cl)cc(Br)c2OC)CCCC1. The molecule has 1 saturated carbocycles. The molecule has 0 heterocycles. The van der Waals surface area contributed by atoms with Crippen molar-refractivity contribution >= 4 is 39.1 Å². The molecule has 0 aromatic heterocycles. The molecule has 0 bridgehead atoms. The number of alkyl halides is 1. The average molecular weight is 366 g/mol. The zero-order valence-electron chi connectivity index (χ0n) is 11.3. The van der Waals surface area contributed by atoms with E-state index in [4.69, 9.17) is 27.9 Å². The molecular weight excluding hydrogens is 347 g/mol. The minimum Gasteiger partial charge on any atom is -0.495 e. The predicted molar refractivity (Wildman–Crippen MR) is 85.5 cm³/mol. The van der Waals surface area contributed by atoms with Crippen LogP contribution >= 0.6 is 39.1 Å². The van der Waals surface area contributed by atoms with Gasteiger partial charge in [-0.05, 0) is 52.7 Å². The molecule has 1 aromatic carbocycles. The number of ether oxygens (including phenoxy) is 1. The molecule has 1 fully saturated rings. The van der Waals surface area contributed by atoms with Crippen molar-refractivity contribution in [2.75, 3.05) is 7.11 Å². The van der Waals surface area contributed by atoms with Crippen molar-refractivity contribution in [3.63, 3.8) is 0 Å². The number of halogens is 3. The maximum absolute atomic E-state index is 6.84. The lowest BCUT2D eigenvalue weighted by Gasteiger charge is -2.34. The number of rotatable bonds is 4. The van der Waals surface area contributed by atoms with E-state index < -0.39 is 0 Å². The molecule has 1 atom stereocenters. The molecule has 0 spiro atoms. The quantitative estimate of drug-likeness (QED) is 0.564. The van der Waals surface area contributed by atoms with Crippen molar-refractivity contribution in [2.24, 2.45) is 5.41 Å². The van der Waals surface area contributed by atoms with Gasteiger partial charge in [0, 0.05) is 10.6 Å². The molecule has 0 saturated heterocycles. The van der Waals surface area contributed by atoms with Crippen molar-refractivity contribution in [2.45, 2.75) is 44.4 Å². The van der Waals surface area contributed by atoms with Gasteiger partial charge in [-0.1, -0.05) is 31.4 Å². The zero-order valence-corrected chi connectivity index (χ0v) is 14.4. The standard InChI is InChI=1S/C15H19BrCl2O/c1-3-15(6-4-5-7-15)14(18)11-8-10(17)9-12(16)13(11)19-2/h8-9,14H,3-7H2,1-2H3. The molecule has 2 rings (SSSR count). The van der Waals surface area contributed by atoms with Gasteiger partial charge in [0.1, 0.15) is 5.75 Å². The van der Waals surface area contributed by atoms with Crippen LogP contribution in [-0.4, -0.2) is 7.11 Å². The molecule has 1 aliphatic carbocycles. The van der Waals surface area contributed by atoms with E-state index >= 15 is 0 Å². The lowest BCUT2D eigenvalue weighted by atomic mass is 9.77. The first-order chi connectivity index (χ1) is 9.04. The second-order valence-corrected chi connectivity index (χ2v) is 7.02. The summed E-state index contributed by atoms with van der Waals surface area (Å²) in [6.07, 6.45) is 5.99. The zero-order chi connectivity index (χ0) is 14.0. The number of hydrogen-bond donors (Lipinski definition) is 0. The highest BCUT2D eigenvalue weighted by atomic mass is 79.9. The first kappa shape index (κ1) is 15.5. The Bertz CT molecular complexity index is 456. The van der Waals surface area contributed by atoms with Crippen LogP contribution in [0.5, 0.6) is 5.75 Å². The van der Waals surface area contributed by atoms with Gasteiger partial charge in [-0.3, -0.25) is 0 Å². The van der Waals surface area contributed by atoms with Gasteiger partial charge in [0.05, 0.1) is 17.0 Å². The normalized spacial score (nSPS) is 19.4. The highest BCUT2D eigenvalue weighted by molar-refractivity contribution is 9.10. The van der Waals surface area contributed by atoms with Gasteiger partial charge in [0.15, 0.2) is 0 Å². The van der Waals surface area contributed by atoms with Crippen LogP contribution in [0.4, 0.5) is 0 Å². The van der Waals surface area contributed by atoms with Crippen LogP contribution in [0.25, 0.3) is 0 Å². The number of methoxy groups -OCH3 is 1. The largest absolute Gasteiger partial charge is 0.495 e. The Balaban J connectivity index is 2.45. The summed E-state index contributed by atoms with van der Waals surface area (Å²) in [5, 5.41) is 0.641. The highest BCUT2D eigenvalue weighted by Gasteiger charge is 2.41. The van der Waals surface area contributed by atoms with E-state index in [0.29, 0.717) is 5.02 Å². The minimum atomic E-state index is -0.0510. The molecule has 106 valence electrons. The van der Waals surface area contributed by atoms with Crippen molar-refractivity contribution in [3.8, 4) is 5.75 Å². The summed E-state index contributed by atoms with van der Waals surface area (Å²) in [5.41, 5.74) is 1.19. The van der Waals surface area contributed by atoms with E-state index in [1.165, 1.54) is 25.7 Å². The van der Waals surface area contributed by atoms with Crippen LogP contribution in [0, 0.1) is 5.41 Å². The lowest BCUT2D eigenvalue weighted by molar-refractivity contribution is 0.266. The van der Waals surface area contributed by atoms with Gasteiger partial charge in [-0.2, -0.15) is 0 Å². The molecule has 0 aliphatic heterocycles. The Labute approximate surface area is 133 Å². The fourth-order valence-electron chi connectivity index (χ4n) is 3.18. The fourth-order valence-corrected chi connectivity index (χ4v) is 4.71. The van der Waals surface area contributed by atoms with Crippen LogP contribution in [0.2, 0.25) is 5.02 Å². The lowest BCUT2D eigenvalue weighted by Crippen LogP contribution is -2.22. The van der Waals surface area contributed by atoms with E-state index in [0.717, 1.165) is 22.2 Å². The summed E-state index contributed by atoms with van der Waals surface area (Å²) in [4.78, 5) is 0. The maximum atomic E-state index is 6.84. The topological polar surface area (TPSA) is 9.23 Å². The maximum Gasteiger partial charge on any atom is 0.137 e. The van der Waals surface area contributed by atoms with E-state index in [1.807, 2.05) is 12.1 Å². The van der Waals surface area contributed by atoms with Gasteiger partial charge in [0.2, 0.25) is 0 Å². The summed E-state index contributed by atoms with van der Waals surface area (Å²) < 4.78 is 6.38. The Hall–Kier alpha value is 0.0800. The van der Waals surface area contributed by atoms with Crippen LogP contribution in [0.15, 0.2) is 16.6 Å². The molecule has 0 N–H and O–H groups in total. The van der Waals surface area contributed by atoms with Crippen LogP contribution in [-0.2, 0) is 0 Å². The molecule has 1 nitrogen and oxygen atoms in total. The number of hydrogen-bond acceptors (Lipinski definition) is 1. The monoisotopic (exact) mass is 364 g/mol. The van der Waals surface area contributed by atoms with Crippen molar-refractivity contribution in [1.82, 2.24) is 0 Å². The van der Waals surface area contributed by atoms with Crippen LogP contribution in [0.1, 0.15) is 50.0 Å². The summed E-state index contributed by atoms with van der Waals surface area (Å²) >= 11 is 16.5. The molecule has 4 heteroatoms. The van der Waals surface area contributed by atoms with Gasteiger partial charge in [0.25, 0.3) is 0 Å². The smallest absolute Gasteiger partial charge is 0.137 e. The molecule has 19 heavy (non-hydrogen) atoms. The van der Waals surface area contributed by atoms with Gasteiger partial charge in [-0.25, -0.2) is 0 Å². The third-order valence-electron chi connectivity index (χ3n) is 4.36. The summed E-state index contributed by atoms with van der Waals surface area (Å²) in [6.45, 7) is 2.23. The van der Waals surface area contributed by atoms with Crippen LogP contribution in [0.3, 0.4) is 0 Å². The number of benzene rings is 1. The summed E-state index contributed by atoms with van der Waals surface area (Å²) in [6, 6.07) is 3.79. The Morgan fingerprint density at radius 2 is 2.00 bits per heavy atom. The van der Waals surface area contributed by atoms with Crippen molar-refractivity contribution in [3.05, 3.63) is 27.2 Å². The third kappa shape index (κ3) is 2.91. The molecule has 0 radical (unpaired) electrons. The van der Waals surface area contributed by atoms with Gasteiger partial charge >= 0.3 is 0 Å². The Kier molecular flexibility index (Phi) is 5.08. The first-order valence-corrected chi connectivity index (χ1v) is 8.32. The Morgan fingerprint density at radius 1 is 1.37 bits per heavy atom. The second-order valence-electron chi connectivity index (χ2n) is 5.30. The Morgan fingerprint density at radius 3 is 2.53 bits per heavy atom. The average Bonchev–Trinajstić information content (AvgIpc) is 2.87. The van der Waals surface area contributed by atoms with Crippen molar-refractivity contribution in [1.29, 1.82) is 0 Å². The third-order valence-corrected chi connectivity index (χ3v) is 5.86. The molecule has 1 aromatic rings. The van der Waals surface area contributed by atoms with E-state index in [1.54, 1.807) is 7.11 Å². The predicted octanol–water partition coefficient (Wildman–Crippen LogP) is 6.36. The van der Waals surface area contributed by atoms with Gasteiger partial charge in [-0.15, -0.1) is 11.6 Å². The van der Waals surface area contributed by atoms with Crippen LogP contribution < -0.4 is 4.74 Å². The van der Waals surface area contributed by atoms with E-state index in [2.05, 4.69) is 22.9 Å². The highest BCUT2D eigenvalue weighted by Crippen LogP contribution is 2.55. The van der Waals surface area contributed by atoms with Crippen molar-refractivity contribution < 1.29 is 4.74 Å². The molecule has 1 aliphatic rings. The van der Waals surface area contributed by atoms with E-state index in [9.17, 15) is 0 Å². The van der Waals surface area contributed by atoms with Gasteiger partial charge < -0.3 is 4.74 Å². The summed E-state index contributed by atoms with van der Waals surface area (Å²) in [5.74, 6) is 0.809. The first-order valence-electron chi connectivity index (χ1n) is 6.71. The minimum absolute atomic E-state index is 0.0510. The molecule has 1 unspecified atom stereocenters. The summed E-state index contributed by atoms with van der Waals surface area (Å²) in [7, 11) is 1.67. The van der Waals surface area contributed by atoms with E-state index in [-0.39, 0.29) is 10.8 Å². The molecular formula is C15H19BrCl2O. The second kappa shape index (κ2) is 6.24. The molecule has 0 amide bonds. The fraction of sp³-hybridized carbons (Fsp3) is 0.600.